The maximum Gasteiger partial charge on any atom is 0.274 e. The zero-order chi connectivity index (χ0) is 13.8. The van der Waals surface area contributed by atoms with E-state index in [1.54, 1.807) is 25.1 Å². The van der Waals surface area contributed by atoms with E-state index < -0.39 is 11.9 Å². The molecule has 4 nitrogen and oxygen atoms in total. The Bertz CT molecular complexity index is 677. The van der Waals surface area contributed by atoms with Crippen molar-refractivity contribution < 1.29 is 9.18 Å². The number of aryl methyl sites for hydroxylation is 1. The van der Waals surface area contributed by atoms with Crippen LogP contribution in [-0.2, 0) is 0 Å². The summed E-state index contributed by atoms with van der Waals surface area (Å²) in [6.07, 6.45) is 0. The maximum atomic E-state index is 12.9. The highest BCUT2D eigenvalue weighted by Crippen LogP contribution is 2.18. The minimum absolute atomic E-state index is 0.0367. The summed E-state index contributed by atoms with van der Waals surface area (Å²) in [5.41, 5.74) is 1.49. The van der Waals surface area contributed by atoms with Crippen molar-refractivity contribution in [3.63, 3.8) is 0 Å². The van der Waals surface area contributed by atoms with Crippen LogP contribution in [0.2, 0.25) is 0 Å². The van der Waals surface area contributed by atoms with Crippen LogP contribution in [-0.4, -0.2) is 10.9 Å². The van der Waals surface area contributed by atoms with Crippen molar-refractivity contribution >= 4 is 11.6 Å². The summed E-state index contributed by atoms with van der Waals surface area (Å²) in [7, 11) is 0. The number of hydrogen-bond donors (Lipinski definition) is 1. The molecule has 0 radical (unpaired) electrons. The number of rotatable bonds is 2. The van der Waals surface area contributed by atoms with Crippen LogP contribution in [0.5, 0.6) is 0 Å². The first-order valence-corrected chi connectivity index (χ1v) is 5.55. The lowest BCUT2D eigenvalue weighted by molar-refractivity contribution is 0.102. The Hall–Kier alpha value is -2.74. The van der Waals surface area contributed by atoms with Gasteiger partial charge in [0.1, 0.15) is 11.8 Å². The van der Waals surface area contributed by atoms with E-state index in [1.807, 2.05) is 6.07 Å². The highest BCUT2D eigenvalue weighted by Gasteiger charge is 2.12. The van der Waals surface area contributed by atoms with Crippen LogP contribution in [0.3, 0.4) is 0 Å². The van der Waals surface area contributed by atoms with Gasteiger partial charge in [-0.25, -0.2) is 4.98 Å². The maximum absolute atomic E-state index is 12.9. The van der Waals surface area contributed by atoms with Gasteiger partial charge in [-0.3, -0.25) is 4.79 Å². The molecule has 1 N–H and O–H groups in total. The van der Waals surface area contributed by atoms with E-state index in [-0.39, 0.29) is 5.69 Å². The molecule has 2 rings (SSSR count). The van der Waals surface area contributed by atoms with Crippen LogP contribution in [0.25, 0.3) is 0 Å². The fraction of sp³-hybridized carbons (Fsp3) is 0.0714. The Kier molecular flexibility index (Phi) is 3.53. The predicted octanol–water partition coefficient (Wildman–Crippen LogP) is 2.65. The Balaban J connectivity index is 2.30. The molecule has 0 spiro atoms. The molecule has 2 aromatic rings. The molecule has 1 aromatic heterocycles. The summed E-state index contributed by atoms with van der Waals surface area (Å²) in [5.74, 6) is -1.28. The molecule has 0 aliphatic heterocycles. The van der Waals surface area contributed by atoms with E-state index in [9.17, 15) is 9.18 Å². The molecule has 5 heteroatoms. The Morgan fingerprint density at radius 2 is 2.05 bits per heavy atom. The second kappa shape index (κ2) is 5.27. The van der Waals surface area contributed by atoms with Gasteiger partial charge in [0, 0.05) is 0 Å². The van der Waals surface area contributed by atoms with Crippen molar-refractivity contribution in [2.24, 2.45) is 0 Å². The number of halogens is 1. The summed E-state index contributed by atoms with van der Waals surface area (Å²) in [6.45, 7) is 1.77. The number of nitrogens with one attached hydrogen (secondary N) is 1. The second-order valence-electron chi connectivity index (χ2n) is 3.91. The first-order valence-electron chi connectivity index (χ1n) is 5.55. The molecular weight excluding hydrogens is 245 g/mol. The number of pyridine rings is 1. The fourth-order valence-electron chi connectivity index (χ4n) is 1.64. The molecule has 0 atom stereocenters. The normalized spacial score (nSPS) is 9.74. The number of nitriles is 1. The lowest BCUT2D eigenvalue weighted by Gasteiger charge is -2.08. The topological polar surface area (TPSA) is 65.8 Å². The smallest absolute Gasteiger partial charge is 0.274 e. The molecule has 0 fully saturated rings. The third kappa shape index (κ3) is 2.75. The van der Waals surface area contributed by atoms with Gasteiger partial charge in [0.05, 0.1) is 11.3 Å². The molecule has 0 bridgehead atoms. The van der Waals surface area contributed by atoms with Gasteiger partial charge in [0.2, 0.25) is 5.95 Å². The number of aromatic nitrogens is 1. The van der Waals surface area contributed by atoms with Crippen molar-refractivity contribution in [2.45, 2.75) is 6.92 Å². The van der Waals surface area contributed by atoms with Gasteiger partial charge in [0.15, 0.2) is 0 Å². The predicted molar refractivity (Wildman–Crippen MR) is 68.0 cm³/mol. The molecule has 0 saturated carbocycles. The van der Waals surface area contributed by atoms with E-state index in [2.05, 4.69) is 10.3 Å². The van der Waals surface area contributed by atoms with Crippen LogP contribution in [0, 0.1) is 24.2 Å². The van der Waals surface area contributed by atoms with Gasteiger partial charge in [-0.05, 0) is 30.7 Å². The molecule has 19 heavy (non-hydrogen) atoms. The lowest BCUT2D eigenvalue weighted by Crippen LogP contribution is -2.15. The Morgan fingerprint density at radius 1 is 1.32 bits per heavy atom. The molecule has 0 aliphatic rings. The third-order valence-corrected chi connectivity index (χ3v) is 2.58. The second-order valence-corrected chi connectivity index (χ2v) is 3.91. The standard InChI is InChI=1S/C14H10FN3O/c1-9-4-2-5-11(10(9)8-16)18-14(19)12-6-3-7-13(15)17-12/h2-7H,1H3,(H,18,19). The van der Waals surface area contributed by atoms with Gasteiger partial charge in [0.25, 0.3) is 5.91 Å². The summed E-state index contributed by atoms with van der Waals surface area (Å²) in [6, 6.07) is 11.1. The molecule has 0 saturated heterocycles. The molecular formula is C14H10FN3O. The van der Waals surface area contributed by atoms with Crippen molar-refractivity contribution in [2.75, 3.05) is 5.32 Å². The summed E-state index contributed by atoms with van der Waals surface area (Å²) in [4.78, 5) is 15.4. The number of amides is 1. The lowest BCUT2D eigenvalue weighted by atomic mass is 10.1. The van der Waals surface area contributed by atoms with Crippen LogP contribution in [0.4, 0.5) is 10.1 Å². The molecule has 1 aromatic carbocycles. The van der Waals surface area contributed by atoms with E-state index in [0.717, 1.165) is 11.6 Å². The van der Waals surface area contributed by atoms with Crippen LogP contribution < -0.4 is 5.32 Å². The molecule has 0 unspecified atom stereocenters. The van der Waals surface area contributed by atoms with Gasteiger partial charge >= 0.3 is 0 Å². The Morgan fingerprint density at radius 3 is 2.74 bits per heavy atom. The van der Waals surface area contributed by atoms with Crippen LogP contribution >= 0.6 is 0 Å². The summed E-state index contributed by atoms with van der Waals surface area (Å²) < 4.78 is 12.9. The van der Waals surface area contributed by atoms with E-state index in [0.29, 0.717) is 11.3 Å². The number of hydrogen-bond acceptors (Lipinski definition) is 3. The monoisotopic (exact) mass is 255 g/mol. The molecule has 1 amide bonds. The average molecular weight is 255 g/mol. The zero-order valence-corrected chi connectivity index (χ0v) is 10.1. The van der Waals surface area contributed by atoms with E-state index >= 15 is 0 Å². The van der Waals surface area contributed by atoms with Gasteiger partial charge in [-0.15, -0.1) is 0 Å². The van der Waals surface area contributed by atoms with E-state index in [4.69, 9.17) is 5.26 Å². The summed E-state index contributed by atoms with van der Waals surface area (Å²) in [5, 5.41) is 11.6. The van der Waals surface area contributed by atoms with Crippen molar-refractivity contribution in [3.8, 4) is 6.07 Å². The minimum atomic E-state index is -0.725. The number of carbonyl (C=O) groups excluding carboxylic acids is 1. The largest absolute Gasteiger partial charge is 0.319 e. The zero-order valence-electron chi connectivity index (χ0n) is 10.1. The number of carbonyl (C=O) groups is 1. The quantitative estimate of drug-likeness (QED) is 0.839. The Labute approximate surface area is 109 Å². The number of benzene rings is 1. The van der Waals surface area contributed by atoms with Gasteiger partial charge in [-0.2, -0.15) is 9.65 Å². The SMILES string of the molecule is Cc1cccc(NC(=O)c2cccc(F)n2)c1C#N. The molecule has 1 heterocycles. The van der Waals surface area contributed by atoms with Crippen molar-refractivity contribution in [3.05, 3.63) is 59.2 Å². The molecule has 0 aliphatic carbocycles. The average Bonchev–Trinajstić information content (AvgIpc) is 2.39. The van der Waals surface area contributed by atoms with Gasteiger partial charge < -0.3 is 5.32 Å². The van der Waals surface area contributed by atoms with Crippen LogP contribution in [0.15, 0.2) is 36.4 Å². The van der Waals surface area contributed by atoms with E-state index in [1.165, 1.54) is 12.1 Å². The number of anilines is 1. The van der Waals surface area contributed by atoms with Gasteiger partial charge in [-0.1, -0.05) is 18.2 Å². The summed E-state index contributed by atoms with van der Waals surface area (Å²) >= 11 is 0. The number of nitrogens with zero attached hydrogens (tertiary/aromatic N) is 2. The fourth-order valence-corrected chi connectivity index (χ4v) is 1.64. The first kappa shape index (κ1) is 12.7. The molecule has 94 valence electrons. The highest BCUT2D eigenvalue weighted by atomic mass is 19.1. The third-order valence-electron chi connectivity index (χ3n) is 2.58. The minimum Gasteiger partial charge on any atom is -0.319 e. The van der Waals surface area contributed by atoms with Crippen molar-refractivity contribution in [1.82, 2.24) is 4.98 Å². The highest BCUT2D eigenvalue weighted by molar-refractivity contribution is 6.03. The van der Waals surface area contributed by atoms with Crippen LogP contribution in [0.1, 0.15) is 21.6 Å². The first-order chi connectivity index (χ1) is 9.11. The van der Waals surface area contributed by atoms with Crippen molar-refractivity contribution in [1.29, 1.82) is 5.26 Å².